The van der Waals surface area contributed by atoms with Crippen molar-refractivity contribution in [1.29, 1.82) is 0 Å². The molecule has 0 saturated heterocycles. The Hall–Kier alpha value is -2.07. The maximum absolute atomic E-state index is 12.1. The summed E-state index contributed by atoms with van der Waals surface area (Å²) in [5.74, 6) is -0.206. The summed E-state index contributed by atoms with van der Waals surface area (Å²) in [5, 5.41) is 4.01. The van der Waals surface area contributed by atoms with Gasteiger partial charge in [0.05, 0.1) is 6.21 Å². The fourth-order valence-corrected chi connectivity index (χ4v) is 2.45. The number of nitrogens with one attached hydrogen (secondary N) is 1. The number of hydrogen-bond acceptors (Lipinski definition) is 3. The van der Waals surface area contributed by atoms with Gasteiger partial charge in [0, 0.05) is 10.5 Å². The van der Waals surface area contributed by atoms with Crippen molar-refractivity contribution in [2.75, 3.05) is 6.26 Å². The van der Waals surface area contributed by atoms with Gasteiger partial charge in [-0.25, -0.2) is 5.43 Å². The second-order valence-electron chi connectivity index (χ2n) is 6.30. The van der Waals surface area contributed by atoms with E-state index in [0.29, 0.717) is 5.56 Å². The van der Waals surface area contributed by atoms with Gasteiger partial charge >= 0.3 is 0 Å². The summed E-state index contributed by atoms with van der Waals surface area (Å²) in [5.41, 5.74) is 5.39. The van der Waals surface area contributed by atoms with Crippen molar-refractivity contribution in [1.82, 2.24) is 5.43 Å². The molecular formula is C19H22N2OS. The van der Waals surface area contributed by atoms with Crippen molar-refractivity contribution < 1.29 is 4.79 Å². The molecule has 0 fully saturated rings. The van der Waals surface area contributed by atoms with Gasteiger partial charge in [-0.3, -0.25) is 4.79 Å². The molecule has 0 spiro atoms. The zero-order chi connectivity index (χ0) is 16.9. The third-order valence-electron chi connectivity index (χ3n) is 3.51. The summed E-state index contributed by atoms with van der Waals surface area (Å²) in [7, 11) is 0. The van der Waals surface area contributed by atoms with Gasteiger partial charge in [0.1, 0.15) is 0 Å². The summed E-state index contributed by atoms with van der Waals surface area (Å²) < 4.78 is 0. The van der Waals surface area contributed by atoms with Crippen molar-refractivity contribution in [3.63, 3.8) is 0 Å². The molecule has 2 aromatic rings. The first-order valence-electron chi connectivity index (χ1n) is 7.48. The Labute approximate surface area is 142 Å². The Balaban J connectivity index is 1.97. The van der Waals surface area contributed by atoms with E-state index < -0.39 is 0 Å². The maximum Gasteiger partial charge on any atom is 0.271 e. The second-order valence-corrected chi connectivity index (χ2v) is 7.18. The maximum atomic E-state index is 12.1. The zero-order valence-corrected chi connectivity index (χ0v) is 14.8. The van der Waals surface area contributed by atoms with Crippen LogP contribution < -0.4 is 5.43 Å². The quantitative estimate of drug-likeness (QED) is 0.512. The third-order valence-corrected chi connectivity index (χ3v) is 4.25. The standard InChI is InChI=1S/C19H22N2OS/c1-19(2,3)16-9-7-15(8-10-16)18(22)21-20-13-14-5-11-17(23-4)12-6-14/h5-13H,1-4H3,(H,21,22)/b20-13-. The number of carbonyl (C=O) groups is 1. The summed E-state index contributed by atoms with van der Waals surface area (Å²) in [6.45, 7) is 6.44. The number of benzene rings is 2. The lowest BCUT2D eigenvalue weighted by Crippen LogP contribution is -2.18. The van der Waals surface area contributed by atoms with Crippen molar-refractivity contribution in [2.24, 2.45) is 5.10 Å². The van der Waals surface area contributed by atoms with E-state index in [1.54, 1.807) is 18.0 Å². The largest absolute Gasteiger partial charge is 0.271 e. The molecule has 0 aliphatic carbocycles. The van der Waals surface area contributed by atoms with Crippen LogP contribution in [-0.4, -0.2) is 18.4 Å². The molecule has 23 heavy (non-hydrogen) atoms. The Morgan fingerprint density at radius 3 is 2.17 bits per heavy atom. The summed E-state index contributed by atoms with van der Waals surface area (Å²) >= 11 is 1.69. The van der Waals surface area contributed by atoms with Crippen LogP contribution in [0, 0.1) is 0 Å². The lowest BCUT2D eigenvalue weighted by Gasteiger charge is -2.18. The highest BCUT2D eigenvalue weighted by Crippen LogP contribution is 2.22. The van der Waals surface area contributed by atoms with E-state index in [0.717, 1.165) is 5.56 Å². The fraction of sp³-hybridized carbons (Fsp3) is 0.263. The molecule has 0 radical (unpaired) electrons. The van der Waals surface area contributed by atoms with Gasteiger partial charge in [-0.2, -0.15) is 5.10 Å². The first-order chi connectivity index (χ1) is 10.9. The Kier molecular flexibility index (Phi) is 5.61. The van der Waals surface area contributed by atoms with Gasteiger partial charge < -0.3 is 0 Å². The monoisotopic (exact) mass is 326 g/mol. The van der Waals surface area contributed by atoms with Crippen LogP contribution in [0.25, 0.3) is 0 Å². The van der Waals surface area contributed by atoms with Crippen LogP contribution >= 0.6 is 11.8 Å². The minimum absolute atomic E-state index is 0.0795. The fourth-order valence-electron chi connectivity index (χ4n) is 2.04. The molecule has 0 aliphatic heterocycles. The molecule has 0 unspecified atom stereocenters. The molecule has 2 rings (SSSR count). The van der Waals surface area contributed by atoms with E-state index in [2.05, 4.69) is 31.3 Å². The van der Waals surface area contributed by atoms with E-state index in [9.17, 15) is 4.79 Å². The molecule has 1 amide bonds. The highest BCUT2D eigenvalue weighted by Gasteiger charge is 2.14. The molecule has 0 atom stereocenters. The Bertz CT molecular complexity index is 683. The molecule has 0 saturated carbocycles. The molecule has 1 N–H and O–H groups in total. The minimum atomic E-state index is -0.206. The van der Waals surface area contributed by atoms with Crippen LogP contribution in [0.5, 0.6) is 0 Å². The van der Waals surface area contributed by atoms with E-state index in [4.69, 9.17) is 0 Å². The normalized spacial score (nSPS) is 11.7. The number of hydrazone groups is 1. The van der Waals surface area contributed by atoms with Crippen molar-refractivity contribution >= 4 is 23.9 Å². The molecule has 2 aromatic carbocycles. The van der Waals surface area contributed by atoms with Crippen LogP contribution in [0.4, 0.5) is 0 Å². The molecule has 0 aromatic heterocycles. The molecule has 120 valence electrons. The van der Waals surface area contributed by atoms with E-state index in [-0.39, 0.29) is 11.3 Å². The third kappa shape index (κ3) is 4.96. The van der Waals surface area contributed by atoms with Gasteiger partial charge in [-0.05, 0) is 47.1 Å². The first kappa shape index (κ1) is 17.3. The van der Waals surface area contributed by atoms with Gasteiger partial charge in [0.2, 0.25) is 0 Å². The van der Waals surface area contributed by atoms with E-state index in [1.807, 2.05) is 54.8 Å². The van der Waals surface area contributed by atoms with E-state index >= 15 is 0 Å². The zero-order valence-electron chi connectivity index (χ0n) is 14.0. The first-order valence-corrected chi connectivity index (χ1v) is 8.70. The molecule has 0 heterocycles. The van der Waals surface area contributed by atoms with Crippen LogP contribution in [0.15, 0.2) is 58.5 Å². The molecule has 0 aliphatic rings. The van der Waals surface area contributed by atoms with Gasteiger partial charge in [-0.1, -0.05) is 45.0 Å². The van der Waals surface area contributed by atoms with Crippen LogP contribution in [-0.2, 0) is 5.41 Å². The Morgan fingerprint density at radius 2 is 1.65 bits per heavy atom. The number of hydrogen-bond donors (Lipinski definition) is 1. The topological polar surface area (TPSA) is 41.5 Å². The highest BCUT2D eigenvalue weighted by atomic mass is 32.2. The number of rotatable bonds is 4. The van der Waals surface area contributed by atoms with Crippen molar-refractivity contribution in [3.8, 4) is 0 Å². The minimum Gasteiger partial charge on any atom is -0.267 e. The number of carbonyl (C=O) groups excluding carboxylic acids is 1. The molecule has 3 nitrogen and oxygen atoms in total. The highest BCUT2D eigenvalue weighted by molar-refractivity contribution is 7.98. The van der Waals surface area contributed by atoms with Gasteiger partial charge in [0.15, 0.2) is 0 Å². The predicted octanol–water partition coefficient (Wildman–Crippen LogP) is 4.47. The molecular weight excluding hydrogens is 304 g/mol. The lowest BCUT2D eigenvalue weighted by molar-refractivity contribution is 0.0955. The van der Waals surface area contributed by atoms with Gasteiger partial charge in [0.25, 0.3) is 5.91 Å². The van der Waals surface area contributed by atoms with E-state index in [1.165, 1.54) is 10.5 Å². The van der Waals surface area contributed by atoms with Crippen LogP contribution in [0.1, 0.15) is 42.3 Å². The SMILES string of the molecule is CSc1ccc(/C=N\NC(=O)c2ccc(C(C)(C)C)cc2)cc1. The second kappa shape index (κ2) is 7.47. The lowest BCUT2D eigenvalue weighted by atomic mass is 9.87. The summed E-state index contributed by atoms with van der Waals surface area (Å²) in [4.78, 5) is 13.3. The van der Waals surface area contributed by atoms with Gasteiger partial charge in [-0.15, -0.1) is 11.8 Å². The number of nitrogens with zero attached hydrogens (tertiary/aromatic N) is 1. The molecule has 0 bridgehead atoms. The average Bonchev–Trinajstić information content (AvgIpc) is 2.54. The number of thioether (sulfide) groups is 1. The predicted molar refractivity (Wildman–Crippen MR) is 98.4 cm³/mol. The summed E-state index contributed by atoms with van der Waals surface area (Å²) in [6.07, 6.45) is 3.68. The number of amides is 1. The van der Waals surface area contributed by atoms with Crippen LogP contribution in [0.2, 0.25) is 0 Å². The Morgan fingerprint density at radius 1 is 1.04 bits per heavy atom. The molecule has 4 heteroatoms. The average molecular weight is 326 g/mol. The van der Waals surface area contributed by atoms with Crippen molar-refractivity contribution in [2.45, 2.75) is 31.1 Å². The van der Waals surface area contributed by atoms with Crippen LogP contribution in [0.3, 0.4) is 0 Å². The summed E-state index contributed by atoms with van der Waals surface area (Å²) in [6, 6.07) is 15.6. The smallest absolute Gasteiger partial charge is 0.267 e. The van der Waals surface area contributed by atoms with Crippen molar-refractivity contribution in [3.05, 3.63) is 65.2 Å².